The summed E-state index contributed by atoms with van der Waals surface area (Å²) in [6, 6.07) is 3.81. The van der Waals surface area contributed by atoms with Crippen molar-refractivity contribution in [2.45, 2.75) is 32.3 Å². The molecule has 2 aliphatic rings. The summed E-state index contributed by atoms with van der Waals surface area (Å²) in [5.41, 5.74) is 1.07. The minimum atomic E-state index is -0.128. The van der Waals surface area contributed by atoms with Crippen molar-refractivity contribution in [3.8, 4) is 0 Å². The molecule has 2 aromatic rings. The molecule has 1 N–H and O–H groups in total. The Labute approximate surface area is 157 Å². The van der Waals surface area contributed by atoms with Gasteiger partial charge in [0.25, 0.3) is 5.91 Å². The summed E-state index contributed by atoms with van der Waals surface area (Å²) in [4.78, 5) is 24.9. The molecule has 6 nitrogen and oxygen atoms in total. The van der Waals surface area contributed by atoms with E-state index in [0.29, 0.717) is 25.0 Å². The average Bonchev–Trinajstić information content (AvgIpc) is 2.98. The first-order valence-electron chi connectivity index (χ1n) is 9.06. The summed E-state index contributed by atoms with van der Waals surface area (Å²) in [6.07, 6.45) is 5.57. The molecule has 0 aliphatic carbocycles. The smallest absolute Gasteiger partial charge is 0.264 e. The van der Waals surface area contributed by atoms with Gasteiger partial charge in [-0.1, -0.05) is 0 Å². The fourth-order valence-electron chi connectivity index (χ4n) is 3.58. The Balaban J connectivity index is 1.25. The van der Waals surface area contributed by atoms with Crippen LogP contribution in [0.3, 0.4) is 0 Å². The number of aromatic nitrogens is 2. The minimum absolute atomic E-state index is 0.128. The standard InChI is InChI=1S/C19H24N4O2S/c1-13-8-16(26-14(13)2)17(24)23-11-19(12-23)5-4-15(10-25-19)9-22-18-20-6-3-7-21-18/h3,6-8,15H,4-5,9-12H2,1-2H3,(H,20,21,22)/t15-/m0/s1. The van der Waals surface area contributed by atoms with Gasteiger partial charge in [-0.05, 0) is 50.3 Å². The number of rotatable bonds is 4. The van der Waals surface area contributed by atoms with Crippen molar-refractivity contribution in [1.29, 1.82) is 0 Å². The van der Waals surface area contributed by atoms with Crippen molar-refractivity contribution in [1.82, 2.24) is 14.9 Å². The number of thiophene rings is 1. The highest BCUT2D eigenvalue weighted by Crippen LogP contribution is 2.37. The quantitative estimate of drug-likeness (QED) is 0.894. The van der Waals surface area contributed by atoms with Crippen LogP contribution < -0.4 is 5.32 Å². The number of carbonyl (C=O) groups is 1. The molecule has 1 amide bonds. The van der Waals surface area contributed by atoms with Gasteiger partial charge < -0.3 is 15.0 Å². The lowest BCUT2D eigenvalue weighted by molar-refractivity contribution is -0.165. The summed E-state index contributed by atoms with van der Waals surface area (Å²) in [6.45, 7) is 7.08. The maximum absolute atomic E-state index is 12.6. The van der Waals surface area contributed by atoms with Gasteiger partial charge in [0.2, 0.25) is 5.95 Å². The van der Waals surface area contributed by atoms with E-state index in [1.54, 1.807) is 29.8 Å². The fourth-order valence-corrected chi connectivity index (χ4v) is 4.58. The fraction of sp³-hybridized carbons (Fsp3) is 0.526. The Morgan fingerprint density at radius 2 is 2.15 bits per heavy atom. The molecule has 2 aromatic heterocycles. The monoisotopic (exact) mass is 372 g/mol. The molecule has 0 unspecified atom stereocenters. The summed E-state index contributed by atoms with van der Waals surface area (Å²) < 4.78 is 6.18. The maximum Gasteiger partial charge on any atom is 0.264 e. The second-order valence-corrected chi connectivity index (χ2v) is 8.62. The van der Waals surface area contributed by atoms with E-state index in [4.69, 9.17) is 4.74 Å². The SMILES string of the molecule is Cc1cc(C(=O)N2CC3(CC[C@@H](CNc4ncccn4)CO3)C2)sc1C. The van der Waals surface area contributed by atoms with Gasteiger partial charge in [0, 0.05) is 23.8 Å². The zero-order chi connectivity index (χ0) is 18.1. The van der Waals surface area contributed by atoms with E-state index >= 15 is 0 Å². The molecule has 1 atom stereocenters. The van der Waals surface area contributed by atoms with Crippen molar-refractivity contribution < 1.29 is 9.53 Å². The van der Waals surface area contributed by atoms with Crippen LogP contribution in [0.5, 0.6) is 0 Å². The Hall–Kier alpha value is -1.99. The third kappa shape index (κ3) is 3.46. The van der Waals surface area contributed by atoms with Crippen LogP contribution >= 0.6 is 11.3 Å². The van der Waals surface area contributed by atoms with Crippen LogP contribution in [0.4, 0.5) is 5.95 Å². The van der Waals surface area contributed by atoms with Gasteiger partial charge >= 0.3 is 0 Å². The Morgan fingerprint density at radius 3 is 2.77 bits per heavy atom. The van der Waals surface area contributed by atoms with Gasteiger partial charge in [0.1, 0.15) is 5.60 Å². The molecule has 26 heavy (non-hydrogen) atoms. The first kappa shape index (κ1) is 17.4. The van der Waals surface area contributed by atoms with Crippen molar-refractivity contribution in [2.24, 2.45) is 5.92 Å². The van der Waals surface area contributed by atoms with Crippen LogP contribution in [0.1, 0.15) is 33.0 Å². The first-order valence-corrected chi connectivity index (χ1v) is 9.87. The van der Waals surface area contributed by atoms with Gasteiger partial charge in [-0.25, -0.2) is 9.97 Å². The van der Waals surface area contributed by atoms with Crippen molar-refractivity contribution in [3.05, 3.63) is 39.8 Å². The molecule has 0 aromatic carbocycles. The van der Waals surface area contributed by atoms with Crippen LogP contribution in [-0.2, 0) is 4.74 Å². The molecule has 2 saturated heterocycles. The normalized spacial score (nSPS) is 21.5. The second kappa shape index (κ2) is 6.96. The zero-order valence-electron chi connectivity index (χ0n) is 15.2. The number of nitrogens with one attached hydrogen (secondary N) is 1. The van der Waals surface area contributed by atoms with Crippen LogP contribution in [0, 0.1) is 19.8 Å². The lowest BCUT2D eigenvalue weighted by atomic mass is 9.83. The summed E-state index contributed by atoms with van der Waals surface area (Å²) in [5, 5.41) is 3.27. The van der Waals surface area contributed by atoms with Gasteiger partial charge in [-0.2, -0.15) is 0 Å². The second-order valence-electron chi connectivity index (χ2n) is 7.36. The zero-order valence-corrected chi connectivity index (χ0v) is 16.0. The molecule has 138 valence electrons. The predicted octanol–water partition coefficient (Wildman–Crippen LogP) is 2.89. The number of amides is 1. The van der Waals surface area contributed by atoms with Gasteiger partial charge in [-0.3, -0.25) is 4.79 Å². The molecular weight excluding hydrogens is 348 g/mol. The molecule has 7 heteroatoms. The van der Waals surface area contributed by atoms with Gasteiger partial charge in [0.05, 0.1) is 24.6 Å². The molecule has 0 bridgehead atoms. The van der Waals surface area contributed by atoms with E-state index in [0.717, 1.165) is 30.9 Å². The topological polar surface area (TPSA) is 67.4 Å². The van der Waals surface area contributed by atoms with Crippen LogP contribution in [-0.4, -0.2) is 52.6 Å². The molecule has 2 aliphatic heterocycles. The Bertz CT molecular complexity index is 757. The molecule has 0 radical (unpaired) electrons. The summed E-state index contributed by atoms with van der Waals surface area (Å²) in [7, 11) is 0. The lowest BCUT2D eigenvalue weighted by Gasteiger charge is -2.52. The molecule has 4 rings (SSSR count). The van der Waals surface area contributed by atoms with Crippen LogP contribution in [0.15, 0.2) is 24.5 Å². The maximum atomic E-state index is 12.6. The van der Waals surface area contributed by atoms with Crippen LogP contribution in [0.25, 0.3) is 0 Å². The number of ether oxygens (including phenoxy) is 1. The van der Waals surface area contributed by atoms with E-state index in [-0.39, 0.29) is 11.5 Å². The summed E-state index contributed by atoms with van der Waals surface area (Å²) in [5.74, 6) is 1.26. The third-order valence-electron chi connectivity index (χ3n) is 5.37. The number of carbonyl (C=O) groups excluding carboxylic acids is 1. The Kier molecular flexibility index (Phi) is 4.67. The largest absolute Gasteiger partial charge is 0.371 e. The van der Waals surface area contributed by atoms with Crippen LogP contribution in [0.2, 0.25) is 0 Å². The van der Waals surface area contributed by atoms with E-state index < -0.39 is 0 Å². The van der Waals surface area contributed by atoms with Crippen molar-refractivity contribution in [2.75, 3.05) is 31.6 Å². The molecule has 2 fully saturated rings. The van der Waals surface area contributed by atoms with Gasteiger partial charge in [-0.15, -0.1) is 11.3 Å². The average molecular weight is 372 g/mol. The molecule has 0 saturated carbocycles. The number of anilines is 1. The number of nitrogens with zero attached hydrogens (tertiary/aromatic N) is 3. The number of aryl methyl sites for hydroxylation is 2. The predicted molar refractivity (Wildman–Crippen MR) is 102 cm³/mol. The van der Waals surface area contributed by atoms with E-state index in [1.165, 1.54) is 10.4 Å². The Morgan fingerprint density at radius 1 is 1.38 bits per heavy atom. The van der Waals surface area contributed by atoms with Crippen molar-refractivity contribution >= 4 is 23.2 Å². The number of likely N-dealkylation sites (tertiary alicyclic amines) is 1. The number of hydrogen-bond acceptors (Lipinski definition) is 6. The molecular formula is C19H24N4O2S. The lowest BCUT2D eigenvalue weighted by Crippen LogP contribution is -2.66. The van der Waals surface area contributed by atoms with Gasteiger partial charge in [0.15, 0.2) is 0 Å². The minimum Gasteiger partial charge on any atom is -0.371 e. The summed E-state index contributed by atoms with van der Waals surface area (Å²) >= 11 is 1.59. The third-order valence-corrected chi connectivity index (χ3v) is 6.51. The highest BCUT2D eigenvalue weighted by atomic mass is 32.1. The highest BCUT2D eigenvalue weighted by Gasteiger charge is 2.48. The van der Waals surface area contributed by atoms with E-state index in [1.807, 2.05) is 11.0 Å². The van der Waals surface area contributed by atoms with E-state index in [2.05, 4.69) is 29.1 Å². The number of hydrogen-bond donors (Lipinski definition) is 1. The molecule has 1 spiro atoms. The molecule has 4 heterocycles. The van der Waals surface area contributed by atoms with Crippen molar-refractivity contribution in [3.63, 3.8) is 0 Å². The highest BCUT2D eigenvalue weighted by molar-refractivity contribution is 7.14. The first-order chi connectivity index (χ1) is 12.5. The van der Waals surface area contributed by atoms with E-state index in [9.17, 15) is 4.79 Å².